The van der Waals surface area contributed by atoms with E-state index < -0.39 is 6.36 Å². The Morgan fingerprint density at radius 1 is 1.28 bits per heavy atom. The predicted octanol–water partition coefficient (Wildman–Crippen LogP) is 2.30. The van der Waals surface area contributed by atoms with Gasteiger partial charge in [-0.25, -0.2) is 0 Å². The van der Waals surface area contributed by atoms with Crippen molar-refractivity contribution in [2.75, 3.05) is 11.9 Å². The minimum absolute atomic E-state index is 0.0915. The number of rotatable bonds is 5. The fraction of sp³-hybridized carbons (Fsp3) is 0.364. The van der Waals surface area contributed by atoms with Crippen LogP contribution in [0, 0.1) is 0 Å². The maximum atomic E-state index is 11.9. The summed E-state index contributed by atoms with van der Waals surface area (Å²) in [6, 6.07) is 4.82. The van der Waals surface area contributed by atoms with Crippen molar-refractivity contribution in [2.45, 2.75) is 19.2 Å². The zero-order valence-electron chi connectivity index (χ0n) is 9.33. The van der Waals surface area contributed by atoms with Crippen LogP contribution in [0.5, 0.6) is 5.75 Å². The van der Waals surface area contributed by atoms with Crippen LogP contribution in [-0.4, -0.2) is 24.0 Å². The van der Waals surface area contributed by atoms with Crippen molar-refractivity contribution < 1.29 is 27.8 Å². The highest BCUT2D eigenvalue weighted by Crippen LogP contribution is 2.23. The molecule has 0 saturated heterocycles. The van der Waals surface area contributed by atoms with Crippen LogP contribution in [0.4, 0.5) is 18.9 Å². The van der Waals surface area contributed by atoms with Crippen molar-refractivity contribution in [2.24, 2.45) is 0 Å². The van der Waals surface area contributed by atoms with E-state index in [9.17, 15) is 18.0 Å². The molecule has 0 saturated carbocycles. The maximum Gasteiger partial charge on any atom is 0.573 e. The number of hydrogen-bond donors (Lipinski definition) is 2. The number of carbonyl (C=O) groups is 1. The van der Waals surface area contributed by atoms with Crippen molar-refractivity contribution >= 4 is 11.6 Å². The Labute approximate surface area is 101 Å². The first kappa shape index (κ1) is 14.3. The molecule has 0 fully saturated rings. The van der Waals surface area contributed by atoms with E-state index in [2.05, 4.69) is 10.1 Å². The van der Waals surface area contributed by atoms with Crippen LogP contribution in [-0.2, 0) is 4.79 Å². The van der Waals surface area contributed by atoms with E-state index in [1.807, 2.05) is 0 Å². The van der Waals surface area contributed by atoms with Crippen LogP contribution in [0.1, 0.15) is 12.8 Å². The van der Waals surface area contributed by atoms with Gasteiger partial charge in [-0.05, 0) is 30.7 Å². The summed E-state index contributed by atoms with van der Waals surface area (Å²) in [5.74, 6) is -0.663. The van der Waals surface area contributed by atoms with Gasteiger partial charge in [0.15, 0.2) is 0 Å². The lowest BCUT2D eigenvalue weighted by molar-refractivity contribution is -0.274. The Kier molecular flexibility index (Phi) is 4.96. The van der Waals surface area contributed by atoms with Gasteiger partial charge in [-0.1, -0.05) is 0 Å². The molecule has 0 aliphatic heterocycles. The molecule has 2 N–H and O–H groups in total. The number of aliphatic hydroxyl groups is 1. The minimum atomic E-state index is -4.73. The molecular formula is C11H12F3NO3. The van der Waals surface area contributed by atoms with Gasteiger partial charge < -0.3 is 15.2 Å². The molecule has 4 nitrogen and oxygen atoms in total. The zero-order valence-corrected chi connectivity index (χ0v) is 9.33. The van der Waals surface area contributed by atoms with Crippen LogP contribution >= 0.6 is 0 Å². The molecule has 0 aliphatic carbocycles. The number of carbonyl (C=O) groups excluding carboxylic acids is 1. The fourth-order valence-electron chi connectivity index (χ4n) is 1.20. The van der Waals surface area contributed by atoms with E-state index in [1.54, 1.807) is 0 Å². The number of benzene rings is 1. The molecule has 0 atom stereocenters. The summed E-state index contributed by atoms with van der Waals surface area (Å²) < 4.78 is 39.3. The Hall–Kier alpha value is -1.76. The summed E-state index contributed by atoms with van der Waals surface area (Å²) in [5.41, 5.74) is 0.368. The minimum Gasteiger partial charge on any atom is -0.406 e. The van der Waals surface area contributed by atoms with Gasteiger partial charge in [-0.3, -0.25) is 4.79 Å². The lowest BCUT2D eigenvalue weighted by atomic mass is 10.2. The molecule has 18 heavy (non-hydrogen) atoms. The summed E-state index contributed by atoms with van der Waals surface area (Å²) in [4.78, 5) is 11.3. The summed E-state index contributed by atoms with van der Waals surface area (Å²) >= 11 is 0. The topological polar surface area (TPSA) is 58.6 Å². The highest BCUT2D eigenvalue weighted by atomic mass is 19.4. The number of alkyl halides is 3. The first-order valence-corrected chi connectivity index (χ1v) is 5.17. The van der Waals surface area contributed by atoms with Gasteiger partial charge in [0.1, 0.15) is 5.75 Å². The number of hydrogen-bond acceptors (Lipinski definition) is 3. The molecule has 1 rings (SSSR count). The van der Waals surface area contributed by atoms with Gasteiger partial charge in [0.25, 0.3) is 0 Å². The Bertz CT molecular complexity index is 390. The van der Waals surface area contributed by atoms with E-state index in [4.69, 9.17) is 5.11 Å². The molecule has 0 unspecified atom stereocenters. The van der Waals surface area contributed by atoms with Gasteiger partial charge in [-0.15, -0.1) is 13.2 Å². The van der Waals surface area contributed by atoms with Crippen LogP contribution in [0.3, 0.4) is 0 Å². The van der Waals surface area contributed by atoms with Crippen LogP contribution in [0.25, 0.3) is 0 Å². The van der Waals surface area contributed by atoms with Crippen molar-refractivity contribution in [3.8, 4) is 5.75 Å². The van der Waals surface area contributed by atoms with E-state index in [-0.39, 0.29) is 24.7 Å². The molecule has 0 spiro atoms. The normalized spacial score (nSPS) is 11.1. The molecule has 1 amide bonds. The molecule has 0 radical (unpaired) electrons. The van der Waals surface area contributed by atoms with E-state index >= 15 is 0 Å². The quantitative estimate of drug-likeness (QED) is 0.857. The monoisotopic (exact) mass is 263 g/mol. The van der Waals surface area contributed by atoms with Crippen LogP contribution in [0.2, 0.25) is 0 Å². The maximum absolute atomic E-state index is 11.9. The van der Waals surface area contributed by atoms with Crippen LogP contribution < -0.4 is 10.1 Å². The first-order valence-electron chi connectivity index (χ1n) is 5.17. The SMILES string of the molecule is O=C(CCCO)Nc1ccc(OC(F)(F)F)cc1. The molecule has 0 heterocycles. The third kappa shape index (κ3) is 5.53. The molecule has 7 heteroatoms. The molecule has 0 aromatic heterocycles. The molecule has 1 aromatic rings. The Morgan fingerprint density at radius 2 is 1.89 bits per heavy atom. The molecule has 1 aromatic carbocycles. The van der Waals surface area contributed by atoms with Crippen molar-refractivity contribution in [1.82, 2.24) is 0 Å². The second-order valence-electron chi connectivity index (χ2n) is 3.45. The predicted molar refractivity (Wildman–Crippen MR) is 58.1 cm³/mol. The molecule has 0 bridgehead atoms. The number of anilines is 1. The van der Waals surface area contributed by atoms with Crippen LogP contribution in [0.15, 0.2) is 24.3 Å². The second-order valence-corrected chi connectivity index (χ2v) is 3.45. The van der Waals surface area contributed by atoms with Crippen molar-refractivity contribution in [3.63, 3.8) is 0 Å². The molecular weight excluding hydrogens is 251 g/mol. The third-order valence-electron chi connectivity index (χ3n) is 1.93. The smallest absolute Gasteiger partial charge is 0.406 e. The van der Waals surface area contributed by atoms with Gasteiger partial charge in [-0.2, -0.15) is 0 Å². The fourth-order valence-corrected chi connectivity index (χ4v) is 1.20. The molecule has 100 valence electrons. The average Bonchev–Trinajstić information content (AvgIpc) is 2.27. The Morgan fingerprint density at radius 3 is 2.39 bits per heavy atom. The van der Waals surface area contributed by atoms with Gasteiger partial charge in [0.2, 0.25) is 5.91 Å². The van der Waals surface area contributed by atoms with Crippen molar-refractivity contribution in [3.05, 3.63) is 24.3 Å². The average molecular weight is 263 g/mol. The lowest BCUT2D eigenvalue weighted by Gasteiger charge is -2.09. The largest absolute Gasteiger partial charge is 0.573 e. The number of nitrogens with one attached hydrogen (secondary N) is 1. The number of amides is 1. The first-order chi connectivity index (χ1) is 8.40. The summed E-state index contributed by atoms with van der Waals surface area (Å²) in [6.45, 7) is -0.0915. The van der Waals surface area contributed by atoms with Gasteiger partial charge in [0.05, 0.1) is 0 Å². The summed E-state index contributed by atoms with van der Waals surface area (Å²) in [6.07, 6.45) is -4.25. The molecule has 0 aliphatic rings. The summed E-state index contributed by atoms with van der Waals surface area (Å²) in [7, 11) is 0. The number of halogens is 3. The number of aliphatic hydroxyl groups excluding tert-OH is 1. The van der Waals surface area contributed by atoms with E-state index in [1.165, 1.54) is 12.1 Å². The Balaban J connectivity index is 2.52. The highest BCUT2D eigenvalue weighted by Gasteiger charge is 2.30. The zero-order chi connectivity index (χ0) is 13.6. The van der Waals surface area contributed by atoms with Gasteiger partial charge >= 0.3 is 6.36 Å². The van der Waals surface area contributed by atoms with Gasteiger partial charge in [0, 0.05) is 18.7 Å². The highest BCUT2D eigenvalue weighted by molar-refractivity contribution is 5.90. The third-order valence-corrected chi connectivity index (χ3v) is 1.93. The van der Waals surface area contributed by atoms with E-state index in [0.717, 1.165) is 12.1 Å². The second kappa shape index (κ2) is 6.25. The standard InChI is InChI=1S/C11H12F3NO3/c12-11(13,14)18-9-5-3-8(4-6-9)15-10(17)2-1-7-16/h3-6,16H,1-2,7H2,(H,15,17). The summed E-state index contributed by atoms with van der Waals surface area (Å²) in [5, 5.41) is 11.0. The lowest BCUT2D eigenvalue weighted by Crippen LogP contribution is -2.17. The van der Waals surface area contributed by atoms with E-state index in [0.29, 0.717) is 12.1 Å². The number of ether oxygens (including phenoxy) is 1. The van der Waals surface area contributed by atoms with Crippen molar-refractivity contribution in [1.29, 1.82) is 0 Å².